The zero-order chi connectivity index (χ0) is 15.3. The summed E-state index contributed by atoms with van der Waals surface area (Å²) in [6.45, 7) is 5.09. The van der Waals surface area contributed by atoms with Gasteiger partial charge in [0, 0.05) is 13.1 Å². The molecule has 1 aliphatic rings. The zero-order valence-corrected chi connectivity index (χ0v) is 13.0. The predicted octanol–water partition coefficient (Wildman–Crippen LogP) is 2.70. The van der Waals surface area contributed by atoms with Crippen LogP contribution in [0.1, 0.15) is 49.7 Å². The van der Waals surface area contributed by atoms with Gasteiger partial charge in [0.15, 0.2) is 0 Å². The molecule has 0 aromatic heterocycles. The third-order valence-corrected chi connectivity index (χ3v) is 4.33. The average molecular weight is 290 g/mol. The fourth-order valence-corrected chi connectivity index (χ4v) is 2.78. The first-order chi connectivity index (χ1) is 9.98. The lowest BCUT2D eigenvalue weighted by atomic mass is 10.0. The topological polar surface area (TPSA) is 61.4 Å². The maximum Gasteiger partial charge on any atom is 0.314 e. The molecule has 116 valence electrons. The number of carbonyl (C=O) groups excluding carboxylic acids is 1. The second kappa shape index (κ2) is 6.94. The molecule has 0 radical (unpaired) electrons. The molecule has 2 rings (SSSR count). The second-order valence-corrected chi connectivity index (χ2v) is 6.31. The molecule has 1 aromatic rings. The number of hydrogen-bond donors (Lipinski definition) is 3. The number of rotatable bonds is 5. The van der Waals surface area contributed by atoms with E-state index >= 15 is 0 Å². The molecule has 0 saturated heterocycles. The molecule has 1 aromatic carbocycles. The summed E-state index contributed by atoms with van der Waals surface area (Å²) in [5.41, 5.74) is 1.76. The van der Waals surface area contributed by atoms with Gasteiger partial charge in [-0.3, -0.25) is 0 Å². The van der Waals surface area contributed by atoms with E-state index in [-0.39, 0.29) is 11.9 Å². The Kier molecular flexibility index (Phi) is 5.23. The number of aliphatic hydroxyl groups is 1. The standard InChI is InChI=1S/C17H26N2O2/c1-13-5-7-15(8-6-13)14(2)11-18-16(20)19-12-17(21)9-3-4-10-17/h5-8,14,21H,3-4,9-12H2,1-2H3,(H2,18,19,20). The van der Waals surface area contributed by atoms with E-state index in [4.69, 9.17) is 0 Å². The van der Waals surface area contributed by atoms with Gasteiger partial charge in [-0.05, 0) is 31.2 Å². The Labute approximate surface area is 126 Å². The van der Waals surface area contributed by atoms with Crippen molar-refractivity contribution in [1.29, 1.82) is 0 Å². The van der Waals surface area contributed by atoms with Crippen LogP contribution in [0.3, 0.4) is 0 Å². The highest BCUT2D eigenvalue weighted by Crippen LogP contribution is 2.28. The highest BCUT2D eigenvalue weighted by atomic mass is 16.3. The number of hydrogen-bond acceptors (Lipinski definition) is 2. The van der Waals surface area contributed by atoms with Crippen LogP contribution in [0, 0.1) is 6.92 Å². The number of benzene rings is 1. The van der Waals surface area contributed by atoms with Crippen LogP contribution in [-0.2, 0) is 0 Å². The molecule has 4 nitrogen and oxygen atoms in total. The van der Waals surface area contributed by atoms with Gasteiger partial charge in [-0.2, -0.15) is 0 Å². The lowest BCUT2D eigenvalue weighted by molar-refractivity contribution is 0.0501. The Balaban J connectivity index is 1.72. The smallest absolute Gasteiger partial charge is 0.314 e. The molecule has 3 N–H and O–H groups in total. The van der Waals surface area contributed by atoms with Crippen molar-refractivity contribution in [2.45, 2.75) is 51.0 Å². The molecule has 21 heavy (non-hydrogen) atoms. The molecule has 2 amide bonds. The second-order valence-electron chi connectivity index (χ2n) is 6.31. The van der Waals surface area contributed by atoms with E-state index in [0.29, 0.717) is 13.1 Å². The average Bonchev–Trinajstić information content (AvgIpc) is 2.91. The Bertz CT molecular complexity index is 464. The Morgan fingerprint density at radius 1 is 1.24 bits per heavy atom. The summed E-state index contributed by atoms with van der Waals surface area (Å²) in [4.78, 5) is 11.8. The van der Waals surface area contributed by atoms with Crippen LogP contribution in [-0.4, -0.2) is 29.8 Å². The van der Waals surface area contributed by atoms with Crippen molar-refractivity contribution in [1.82, 2.24) is 10.6 Å². The Hall–Kier alpha value is -1.55. The van der Waals surface area contributed by atoms with Crippen molar-refractivity contribution in [3.63, 3.8) is 0 Å². The molecular weight excluding hydrogens is 264 g/mol. The van der Waals surface area contributed by atoms with Gasteiger partial charge in [-0.1, -0.05) is 49.6 Å². The summed E-state index contributed by atoms with van der Waals surface area (Å²) < 4.78 is 0. The van der Waals surface area contributed by atoms with E-state index in [1.54, 1.807) is 0 Å². The SMILES string of the molecule is Cc1ccc(C(C)CNC(=O)NCC2(O)CCCC2)cc1. The summed E-state index contributed by atoms with van der Waals surface area (Å²) in [6, 6.07) is 8.17. The van der Waals surface area contributed by atoms with Crippen LogP contribution in [0.4, 0.5) is 4.79 Å². The van der Waals surface area contributed by atoms with E-state index < -0.39 is 5.60 Å². The first-order valence-corrected chi connectivity index (χ1v) is 7.79. The molecule has 1 fully saturated rings. The first-order valence-electron chi connectivity index (χ1n) is 7.79. The van der Waals surface area contributed by atoms with Gasteiger partial charge in [0.25, 0.3) is 0 Å². The van der Waals surface area contributed by atoms with Gasteiger partial charge in [-0.15, -0.1) is 0 Å². The molecule has 0 aliphatic heterocycles. The van der Waals surface area contributed by atoms with Crippen LogP contribution < -0.4 is 10.6 Å². The van der Waals surface area contributed by atoms with Gasteiger partial charge in [-0.25, -0.2) is 4.79 Å². The highest BCUT2D eigenvalue weighted by molar-refractivity contribution is 5.74. The van der Waals surface area contributed by atoms with E-state index in [9.17, 15) is 9.90 Å². The summed E-state index contributed by atoms with van der Waals surface area (Å²) in [7, 11) is 0. The van der Waals surface area contributed by atoms with Gasteiger partial charge in [0.1, 0.15) is 0 Å². The van der Waals surface area contributed by atoms with Crippen molar-refractivity contribution < 1.29 is 9.90 Å². The first kappa shape index (κ1) is 15.8. The minimum absolute atomic E-state index is 0.200. The predicted molar refractivity (Wildman–Crippen MR) is 84.4 cm³/mol. The van der Waals surface area contributed by atoms with Gasteiger partial charge in [0.2, 0.25) is 0 Å². The van der Waals surface area contributed by atoms with Crippen molar-refractivity contribution in [3.05, 3.63) is 35.4 Å². The van der Waals surface area contributed by atoms with Crippen molar-refractivity contribution in [2.75, 3.05) is 13.1 Å². The van der Waals surface area contributed by atoms with E-state index in [1.807, 2.05) is 0 Å². The summed E-state index contributed by atoms with van der Waals surface area (Å²) >= 11 is 0. The maximum absolute atomic E-state index is 11.8. The van der Waals surface area contributed by atoms with Gasteiger partial charge in [0.05, 0.1) is 5.60 Å². The third kappa shape index (κ3) is 4.74. The van der Waals surface area contributed by atoms with Crippen LogP contribution in [0.15, 0.2) is 24.3 Å². The van der Waals surface area contributed by atoms with Crippen LogP contribution in [0.5, 0.6) is 0 Å². The molecule has 0 heterocycles. The maximum atomic E-state index is 11.8. The van der Waals surface area contributed by atoms with Crippen LogP contribution in [0.25, 0.3) is 0 Å². The van der Waals surface area contributed by atoms with E-state index in [2.05, 4.69) is 48.7 Å². The quantitative estimate of drug-likeness (QED) is 0.781. The monoisotopic (exact) mass is 290 g/mol. The summed E-state index contributed by atoms with van der Waals surface area (Å²) in [5, 5.41) is 15.8. The molecule has 0 bridgehead atoms. The third-order valence-electron chi connectivity index (χ3n) is 4.33. The Morgan fingerprint density at radius 2 is 1.86 bits per heavy atom. The lowest BCUT2D eigenvalue weighted by Gasteiger charge is -2.22. The number of amides is 2. The molecule has 4 heteroatoms. The van der Waals surface area contributed by atoms with Gasteiger partial charge >= 0.3 is 6.03 Å². The number of aryl methyl sites for hydroxylation is 1. The van der Waals surface area contributed by atoms with Crippen LogP contribution >= 0.6 is 0 Å². The summed E-state index contributed by atoms with van der Waals surface area (Å²) in [5.74, 6) is 0.269. The number of carbonyl (C=O) groups is 1. The van der Waals surface area contributed by atoms with E-state index in [0.717, 1.165) is 25.7 Å². The van der Waals surface area contributed by atoms with E-state index in [1.165, 1.54) is 11.1 Å². The molecule has 1 saturated carbocycles. The fourth-order valence-electron chi connectivity index (χ4n) is 2.78. The number of urea groups is 1. The normalized spacial score (nSPS) is 18.2. The number of nitrogens with one attached hydrogen (secondary N) is 2. The minimum atomic E-state index is -0.695. The molecule has 1 unspecified atom stereocenters. The van der Waals surface area contributed by atoms with Crippen LogP contribution in [0.2, 0.25) is 0 Å². The zero-order valence-electron chi connectivity index (χ0n) is 13.0. The molecular formula is C17H26N2O2. The molecule has 0 spiro atoms. The molecule has 1 aliphatic carbocycles. The Morgan fingerprint density at radius 3 is 2.48 bits per heavy atom. The largest absolute Gasteiger partial charge is 0.388 e. The highest BCUT2D eigenvalue weighted by Gasteiger charge is 2.31. The summed E-state index contributed by atoms with van der Waals surface area (Å²) in [6.07, 6.45) is 3.66. The molecule has 1 atom stereocenters. The van der Waals surface area contributed by atoms with Gasteiger partial charge < -0.3 is 15.7 Å². The van der Waals surface area contributed by atoms with Crippen molar-refractivity contribution in [2.24, 2.45) is 0 Å². The van der Waals surface area contributed by atoms with Crippen molar-refractivity contribution in [3.8, 4) is 0 Å². The minimum Gasteiger partial charge on any atom is -0.388 e. The lowest BCUT2D eigenvalue weighted by Crippen LogP contribution is -2.45. The van der Waals surface area contributed by atoms with Crippen molar-refractivity contribution >= 4 is 6.03 Å². The fraction of sp³-hybridized carbons (Fsp3) is 0.588.